The van der Waals surface area contributed by atoms with Crippen molar-refractivity contribution in [3.8, 4) is 0 Å². The molecule has 2 heteroatoms. The molecule has 2 aliphatic rings. The predicted molar refractivity (Wildman–Crippen MR) is 85.1 cm³/mol. The Bertz CT molecular complexity index is 292. The van der Waals surface area contributed by atoms with Crippen LogP contribution in [0.1, 0.15) is 39.0 Å². The highest BCUT2D eigenvalue weighted by Gasteiger charge is 2.23. The van der Waals surface area contributed by atoms with E-state index >= 15 is 0 Å². The number of hydrogen-bond acceptors (Lipinski definition) is 2. The van der Waals surface area contributed by atoms with Crippen LogP contribution in [0.5, 0.6) is 0 Å². The quantitative estimate of drug-likeness (QED) is 0.745. The first-order valence-electron chi connectivity index (χ1n) is 7.67. The number of nitrogens with one attached hydrogen (secondary N) is 1. The summed E-state index contributed by atoms with van der Waals surface area (Å²) in [7, 11) is 0. The maximum atomic E-state index is 5.44. The Balaban J connectivity index is 0.000000191. The second kappa shape index (κ2) is 9.99. The van der Waals surface area contributed by atoms with Crippen LogP contribution in [0.3, 0.4) is 0 Å². The monoisotopic (exact) mass is 262 g/mol. The Morgan fingerprint density at radius 2 is 1.95 bits per heavy atom. The van der Waals surface area contributed by atoms with E-state index in [1.165, 1.54) is 50.8 Å². The van der Waals surface area contributed by atoms with Crippen molar-refractivity contribution < 1.29 is 0 Å². The molecule has 1 saturated carbocycles. The van der Waals surface area contributed by atoms with Gasteiger partial charge in [-0.25, -0.2) is 0 Å². The molecule has 19 heavy (non-hydrogen) atoms. The minimum atomic E-state index is 0.862. The number of rotatable bonds is 5. The van der Waals surface area contributed by atoms with Crippen molar-refractivity contribution in [3.63, 3.8) is 0 Å². The predicted octanol–water partition coefficient (Wildman–Crippen LogP) is 3.42. The fraction of sp³-hybridized carbons (Fsp3) is 0.647. The van der Waals surface area contributed by atoms with E-state index < -0.39 is 0 Å². The van der Waals surface area contributed by atoms with E-state index in [4.69, 9.17) is 5.73 Å². The van der Waals surface area contributed by atoms with E-state index in [1.807, 2.05) is 12.2 Å². The van der Waals surface area contributed by atoms with E-state index in [0.29, 0.717) is 0 Å². The molecule has 1 saturated heterocycles. The van der Waals surface area contributed by atoms with E-state index in [1.54, 1.807) is 0 Å². The number of piperidine rings is 1. The average molecular weight is 262 g/mol. The fourth-order valence-corrected chi connectivity index (χ4v) is 2.47. The molecule has 0 aromatic rings. The fourth-order valence-electron chi connectivity index (χ4n) is 2.47. The molecular formula is C17H30N2. The van der Waals surface area contributed by atoms with Crippen molar-refractivity contribution in [3.05, 3.63) is 36.5 Å². The lowest BCUT2D eigenvalue weighted by Crippen LogP contribution is -2.28. The molecule has 1 aliphatic heterocycles. The molecule has 3 N–H and O–H groups in total. The van der Waals surface area contributed by atoms with Gasteiger partial charge in [0, 0.05) is 0 Å². The van der Waals surface area contributed by atoms with Crippen LogP contribution in [-0.2, 0) is 0 Å². The van der Waals surface area contributed by atoms with Crippen LogP contribution >= 0.6 is 0 Å². The summed E-state index contributed by atoms with van der Waals surface area (Å²) in [6.45, 7) is 8.99. The minimum Gasteiger partial charge on any atom is -0.330 e. The van der Waals surface area contributed by atoms with Crippen LogP contribution < -0.4 is 11.1 Å². The summed E-state index contributed by atoms with van der Waals surface area (Å²) < 4.78 is 0. The zero-order valence-electron chi connectivity index (χ0n) is 12.4. The van der Waals surface area contributed by atoms with Gasteiger partial charge in [-0.15, -0.1) is 0 Å². The van der Waals surface area contributed by atoms with Crippen molar-refractivity contribution in [1.82, 2.24) is 5.32 Å². The summed E-state index contributed by atoms with van der Waals surface area (Å²) in [5.41, 5.74) is 6.91. The average Bonchev–Trinajstić information content (AvgIpc) is 3.27. The van der Waals surface area contributed by atoms with Gasteiger partial charge in [0.1, 0.15) is 0 Å². The van der Waals surface area contributed by atoms with Crippen molar-refractivity contribution >= 4 is 0 Å². The Morgan fingerprint density at radius 1 is 1.26 bits per heavy atom. The second-order valence-corrected chi connectivity index (χ2v) is 5.43. The van der Waals surface area contributed by atoms with Gasteiger partial charge in [0.2, 0.25) is 0 Å². The first-order chi connectivity index (χ1) is 9.31. The standard InChI is InChI=1S/C10H14.C7H16N2/c1-3-5-6-9(4-2)10-7-8-10;8-4-1-7-2-5-9-6-3-7/h3-6,10H,1,7-8H2,2H3;7,9H,1-6,8H2/b6-5-,9-4+;. The van der Waals surface area contributed by atoms with Crippen LogP contribution in [0.4, 0.5) is 0 Å². The van der Waals surface area contributed by atoms with Crippen molar-refractivity contribution in [2.75, 3.05) is 19.6 Å². The Kier molecular flexibility index (Phi) is 8.52. The summed E-state index contributed by atoms with van der Waals surface area (Å²) in [5, 5.41) is 3.33. The third-order valence-electron chi connectivity index (χ3n) is 3.84. The number of hydrogen-bond donors (Lipinski definition) is 2. The molecule has 1 aliphatic carbocycles. The summed E-state index contributed by atoms with van der Waals surface area (Å²) in [5.74, 6) is 1.78. The SMILES string of the molecule is C=C/C=C\C(=C/C)C1CC1.NCCC1CCNCC1. The molecule has 0 unspecified atom stereocenters. The zero-order chi connectivity index (χ0) is 13.9. The highest BCUT2D eigenvalue weighted by molar-refractivity contribution is 5.26. The van der Waals surface area contributed by atoms with Crippen molar-refractivity contribution in [1.29, 1.82) is 0 Å². The second-order valence-electron chi connectivity index (χ2n) is 5.43. The summed E-state index contributed by atoms with van der Waals surface area (Å²) in [4.78, 5) is 0. The summed E-state index contributed by atoms with van der Waals surface area (Å²) in [6, 6.07) is 0. The Hall–Kier alpha value is -0.860. The highest BCUT2D eigenvalue weighted by atomic mass is 14.9. The summed E-state index contributed by atoms with van der Waals surface area (Å²) in [6.07, 6.45) is 14.8. The lowest BCUT2D eigenvalue weighted by molar-refractivity contribution is 0.358. The lowest BCUT2D eigenvalue weighted by atomic mass is 9.95. The van der Waals surface area contributed by atoms with Gasteiger partial charge < -0.3 is 11.1 Å². The molecule has 2 rings (SSSR count). The van der Waals surface area contributed by atoms with E-state index in [2.05, 4.69) is 31.0 Å². The van der Waals surface area contributed by atoms with Crippen LogP contribution in [0.2, 0.25) is 0 Å². The third-order valence-corrected chi connectivity index (χ3v) is 3.84. The van der Waals surface area contributed by atoms with E-state index in [-0.39, 0.29) is 0 Å². The molecule has 2 fully saturated rings. The molecule has 1 heterocycles. The number of nitrogens with two attached hydrogens (primary N) is 1. The van der Waals surface area contributed by atoms with Crippen LogP contribution in [0.25, 0.3) is 0 Å². The molecule has 108 valence electrons. The van der Waals surface area contributed by atoms with Gasteiger partial charge in [-0.05, 0) is 76.1 Å². The minimum absolute atomic E-state index is 0.862. The zero-order valence-corrected chi connectivity index (χ0v) is 12.4. The van der Waals surface area contributed by atoms with Gasteiger partial charge in [0.05, 0.1) is 0 Å². The van der Waals surface area contributed by atoms with E-state index in [9.17, 15) is 0 Å². The Morgan fingerprint density at radius 3 is 2.42 bits per heavy atom. The van der Waals surface area contributed by atoms with E-state index in [0.717, 1.165) is 18.4 Å². The van der Waals surface area contributed by atoms with Gasteiger partial charge in [0.15, 0.2) is 0 Å². The molecule has 0 aromatic heterocycles. The van der Waals surface area contributed by atoms with Gasteiger partial charge in [0.25, 0.3) is 0 Å². The first kappa shape index (κ1) is 16.2. The highest BCUT2D eigenvalue weighted by Crippen LogP contribution is 2.36. The van der Waals surface area contributed by atoms with Gasteiger partial charge in [-0.3, -0.25) is 0 Å². The maximum absolute atomic E-state index is 5.44. The summed E-state index contributed by atoms with van der Waals surface area (Å²) >= 11 is 0. The number of allylic oxidation sites excluding steroid dienone is 5. The molecule has 0 radical (unpaired) electrons. The molecule has 0 bridgehead atoms. The Labute approximate surface area is 118 Å². The smallest absolute Gasteiger partial charge is 0.00463 e. The normalized spacial score (nSPS) is 21.1. The molecule has 0 aromatic carbocycles. The molecule has 2 nitrogen and oxygen atoms in total. The third kappa shape index (κ3) is 7.34. The topological polar surface area (TPSA) is 38.0 Å². The molecule has 0 spiro atoms. The molecule has 0 atom stereocenters. The molecular weight excluding hydrogens is 232 g/mol. The maximum Gasteiger partial charge on any atom is -0.00463 e. The lowest BCUT2D eigenvalue weighted by Gasteiger charge is -2.21. The van der Waals surface area contributed by atoms with Gasteiger partial charge >= 0.3 is 0 Å². The van der Waals surface area contributed by atoms with Crippen molar-refractivity contribution in [2.45, 2.75) is 39.0 Å². The van der Waals surface area contributed by atoms with Gasteiger partial charge in [-0.1, -0.05) is 30.9 Å². The largest absolute Gasteiger partial charge is 0.330 e. The van der Waals surface area contributed by atoms with Crippen LogP contribution in [-0.4, -0.2) is 19.6 Å². The van der Waals surface area contributed by atoms with Gasteiger partial charge in [-0.2, -0.15) is 0 Å². The van der Waals surface area contributed by atoms with Crippen LogP contribution in [0, 0.1) is 11.8 Å². The molecule has 0 amide bonds. The van der Waals surface area contributed by atoms with Crippen LogP contribution in [0.15, 0.2) is 36.5 Å². The first-order valence-corrected chi connectivity index (χ1v) is 7.67. The van der Waals surface area contributed by atoms with Crippen molar-refractivity contribution in [2.24, 2.45) is 17.6 Å².